The molecule has 2 aromatic rings. The first-order valence-corrected chi connectivity index (χ1v) is 9.16. The molecule has 1 aliphatic heterocycles. The lowest BCUT2D eigenvalue weighted by atomic mass is 10.0. The zero-order chi connectivity index (χ0) is 18.2. The van der Waals surface area contributed by atoms with E-state index < -0.39 is 16.1 Å². The highest BCUT2D eigenvalue weighted by Gasteiger charge is 2.41. The Morgan fingerprint density at radius 1 is 1.28 bits per heavy atom. The number of aryl methyl sites for hydroxylation is 2. The maximum Gasteiger partial charge on any atom is 0.249 e. The molecule has 1 fully saturated rings. The van der Waals surface area contributed by atoms with Crippen molar-refractivity contribution < 1.29 is 22.5 Å². The van der Waals surface area contributed by atoms with Gasteiger partial charge >= 0.3 is 0 Å². The first-order valence-electron chi connectivity index (χ1n) is 7.72. The van der Waals surface area contributed by atoms with Gasteiger partial charge < -0.3 is 14.6 Å². The van der Waals surface area contributed by atoms with Crippen molar-refractivity contribution in [3.05, 3.63) is 41.3 Å². The number of sulfonamides is 1. The molecule has 0 spiro atoms. The van der Waals surface area contributed by atoms with E-state index in [1.807, 2.05) is 0 Å². The molecule has 2 heterocycles. The summed E-state index contributed by atoms with van der Waals surface area (Å²) in [5.41, 5.74) is 0.838. The minimum Gasteiger partial charge on any atom is -0.497 e. The fourth-order valence-corrected chi connectivity index (χ4v) is 4.84. The monoisotopic (exact) mass is 365 g/mol. The number of carbonyl (C=O) groups is 1. The number of hydrogen-bond donors (Lipinski definition) is 1. The van der Waals surface area contributed by atoms with Crippen LogP contribution < -0.4 is 10.1 Å². The third-order valence-corrected chi connectivity index (χ3v) is 6.24. The molecule has 1 amide bonds. The Kier molecular flexibility index (Phi) is 4.53. The molecule has 1 aliphatic rings. The van der Waals surface area contributed by atoms with Gasteiger partial charge in [-0.3, -0.25) is 4.79 Å². The molecule has 1 unspecified atom stereocenters. The zero-order valence-corrected chi connectivity index (χ0v) is 15.0. The van der Waals surface area contributed by atoms with Crippen molar-refractivity contribution >= 4 is 15.9 Å². The molecule has 134 valence electrons. The number of carbonyl (C=O) groups excluding carboxylic acids is 1. The molecule has 1 saturated heterocycles. The van der Waals surface area contributed by atoms with E-state index in [-0.39, 0.29) is 35.3 Å². The molecule has 3 rings (SSSR count). The lowest BCUT2D eigenvalue weighted by Crippen LogP contribution is -2.52. The number of benzene rings is 1. The molecule has 8 nitrogen and oxygen atoms in total. The SMILES string of the molecule is COc1ccc(C2C(=O)NCCN2S(=O)(=O)c2c(C)noc2C)cc1. The van der Waals surface area contributed by atoms with Gasteiger partial charge in [0, 0.05) is 13.1 Å². The first kappa shape index (κ1) is 17.4. The maximum atomic E-state index is 13.2. The number of rotatable bonds is 4. The molecule has 1 atom stereocenters. The number of ether oxygens (including phenoxy) is 1. The summed E-state index contributed by atoms with van der Waals surface area (Å²) in [6, 6.07) is 5.79. The summed E-state index contributed by atoms with van der Waals surface area (Å²) in [5, 5.41) is 6.44. The summed E-state index contributed by atoms with van der Waals surface area (Å²) in [6.45, 7) is 3.51. The molecule has 25 heavy (non-hydrogen) atoms. The number of nitrogens with one attached hydrogen (secondary N) is 1. The Balaban J connectivity index is 2.07. The third-order valence-electron chi connectivity index (χ3n) is 4.13. The largest absolute Gasteiger partial charge is 0.497 e. The number of aromatic nitrogens is 1. The second-order valence-corrected chi connectivity index (χ2v) is 7.56. The van der Waals surface area contributed by atoms with Gasteiger partial charge in [0.1, 0.15) is 22.4 Å². The maximum absolute atomic E-state index is 13.2. The van der Waals surface area contributed by atoms with Gasteiger partial charge in [-0.05, 0) is 31.5 Å². The lowest BCUT2D eigenvalue weighted by Gasteiger charge is -2.34. The summed E-state index contributed by atoms with van der Waals surface area (Å²) in [6.07, 6.45) is 0. The van der Waals surface area contributed by atoms with Crippen LogP contribution in [0.2, 0.25) is 0 Å². The van der Waals surface area contributed by atoms with Crippen LogP contribution in [0.15, 0.2) is 33.7 Å². The van der Waals surface area contributed by atoms with Crippen molar-refractivity contribution in [1.29, 1.82) is 0 Å². The van der Waals surface area contributed by atoms with Crippen molar-refractivity contribution in [2.45, 2.75) is 24.8 Å². The minimum absolute atomic E-state index is 0.0145. The van der Waals surface area contributed by atoms with E-state index in [2.05, 4.69) is 10.5 Å². The molecule has 1 N–H and O–H groups in total. The fraction of sp³-hybridized carbons (Fsp3) is 0.375. The first-order chi connectivity index (χ1) is 11.9. The summed E-state index contributed by atoms with van der Waals surface area (Å²) in [5.74, 6) is 0.462. The molecule has 0 saturated carbocycles. The number of nitrogens with zero attached hydrogens (tertiary/aromatic N) is 2. The Hall–Kier alpha value is -2.39. The van der Waals surface area contributed by atoms with Crippen molar-refractivity contribution in [3.63, 3.8) is 0 Å². The average molecular weight is 365 g/mol. The lowest BCUT2D eigenvalue weighted by molar-refractivity contribution is -0.126. The molecule has 1 aromatic carbocycles. The van der Waals surface area contributed by atoms with Crippen LogP contribution in [0, 0.1) is 13.8 Å². The normalized spacial score (nSPS) is 18.8. The van der Waals surface area contributed by atoms with Gasteiger partial charge in [0.05, 0.1) is 7.11 Å². The van der Waals surface area contributed by atoms with Gasteiger partial charge in [-0.1, -0.05) is 17.3 Å². The van der Waals surface area contributed by atoms with Crippen LogP contribution >= 0.6 is 0 Å². The highest BCUT2D eigenvalue weighted by Crippen LogP contribution is 2.32. The van der Waals surface area contributed by atoms with E-state index in [4.69, 9.17) is 9.26 Å². The van der Waals surface area contributed by atoms with Crippen molar-refractivity contribution in [2.24, 2.45) is 0 Å². The molecular weight excluding hydrogens is 346 g/mol. The Bertz CT molecular complexity index is 869. The molecule has 1 aromatic heterocycles. The average Bonchev–Trinajstić information content (AvgIpc) is 2.94. The summed E-state index contributed by atoms with van der Waals surface area (Å²) < 4.78 is 37.6. The molecule has 0 bridgehead atoms. The van der Waals surface area contributed by atoms with Gasteiger partial charge in [-0.25, -0.2) is 8.42 Å². The van der Waals surface area contributed by atoms with Gasteiger partial charge in [-0.15, -0.1) is 0 Å². The third kappa shape index (κ3) is 3.00. The topological polar surface area (TPSA) is 102 Å². The summed E-state index contributed by atoms with van der Waals surface area (Å²) in [7, 11) is -2.40. The van der Waals surface area contributed by atoms with E-state index in [0.717, 1.165) is 0 Å². The second kappa shape index (κ2) is 6.49. The standard InChI is InChI=1S/C16H19N3O5S/c1-10-15(11(2)24-18-10)25(21,22)19-9-8-17-16(20)14(19)12-4-6-13(23-3)7-5-12/h4-7,14H,8-9H2,1-3H3,(H,17,20). The van der Waals surface area contributed by atoms with E-state index in [1.54, 1.807) is 38.1 Å². The number of piperazine rings is 1. The van der Waals surface area contributed by atoms with E-state index in [0.29, 0.717) is 11.3 Å². The molecule has 9 heteroatoms. The van der Waals surface area contributed by atoms with Crippen LogP contribution in [-0.2, 0) is 14.8 Å². The van der Waals surface area contributed by atoms with Gasteiger partial charge in [0.25, 0.3) is 0 Å². The second-order valence-electron chi connectivity index (χ2n) is 5.74. The van der Waals surface area contributed by atoms with Gasteiger partial charge in [-0.2, -0.15) is 4.31 Å². The predicted octanol–water partition coefficient (Wildman–Crippen LogP) is 1.16. The van der Waals surface area contributed by atoms with Crippen LogP contribution in [0.5, 0.6) is 5.75 Å². The van der Waals surface area contributed by atoms with E-state index in [9.17, 15) is 13.2 Å². The van der Waals surface area contributed by atoms with Crippen LogP contribution in [0.25, 0.3) is 0 Å². The number of hydrogen-bond acceptors (Lipinski definition) is 6. The Labute approximate surface area is 145 Å². The van der Waals surface area contributed by atoms with Gasteiger partial charge in [0.15, 0.2) is 5.76 Å². The number of amides is 1. The van der Waals surface area contributed by atoms with Crippen LogP contribution in [-0.4, -0.2) is 44.0 Å². The zero-order valence-electron chi connectivity index (χ0n) is 14.1. The molecular formula is C16H19N3O5S. The fourth-order valence-electron chi connectivity index (χ4n) is 2.97. The quantitative estimate of drug-likeness (QED) is 0.872. The summed E-state index contributed by atoms with van der Waals surface area (Å²) in [4.78, 5) is 12.5. The van der Waals surface area contributed by atoms with Crippen molar-refractivity contribution in [3.8, 4) is 5.75 Å². The molecule has 0 aliphatic carbocycles. The highest BCUT2D eigenvalue weighted by molar-refractivity contribution is 7.89. The van der Waals surface area contributed by atoms with Crippen LogP contribution in [0.1, 0.15) is 23.1 Å². The summed E-state index contributed by atoms with van der Waals surface area (Å²) >= 11 is 0. The highest BCUT2D eigenvalue weighted by atomic mass is 32.2. The minimum atomic E-state index is -3.94. The van der Waals surface area contributed by atoms with Crippen molar-refractivity contribution in [1.82, 2.24) is 14.8 Å². The Morgan fingerprint density at radius 2 is 1.96 bits per heavy atom. The number of methoxy groups -OCH3 is 1. The smallest absolute Gasteiger partial charge is 0.249 e. The van der Waals surface area contributed by atoms with Gasteiger partial charge in [0.2, 0.25) is 15.9 Å². The van der Waals surface area contributed by atoms with E-state index in [1.165, 1.54) is 11.4 Å². The van der Waals surface area contributed by atoms with Crippen LogP contribution in [0.4, 0.5) is 0 Å². The van der Waals surface area contributed by atoms with Crippen LogP contribution in [0.3, 0.4) is 0 Å². The molecule has 0 radical (unpaired) electrons. The predicted molar refractivity (Wildman–Crippen MR) is 88.6 cm³/mol. The van der Waals surface area contributed by atoms with Crippen molar-refractivity contribution in [2.75, 3.05) is 20.2 Å². The van der Waals surface area contributed by atoms with E-state index >= 15 is 0 Å². The Morgan fingerprint density at radius 3 is 2.52 bits per heavy atom.